The quantitative estimate of drug-likeness (QED) is 0.372. The minimum Gasteiger partial charge on any atom is -0.870 e. The molecular formula is C6H9KO5. The fraction of sp³-hybridized carbons (Fsp3) is 0.667. The van der Waals surface area contributed by atoms with Crippen LogP contribution in [0.2, 0.25) is 0 Å². The molecule has 5 nitrogen and oxygen atoms in total. The first-order valence-corrected chi connectivity index (χ1v) is 2.97. The Kier molecular flexibility index (Phi) is 7.59. The van der Waals surface area contributed by atoms with E-state index in [1.807, 2.05) is 0 Å². The van der Waals surface area contributed by atoms with Crippen molar-refractivity contribution >= 4 is 11.9 Å². The van der Waals surface area contributed by atoms with Crippen molar-refractivity contribution < 1.29 is 76.3 Å². The van der Waals surface area contributed by atoms with Crippen LogP contribution in [0.4, 0.5) is 0 Å². The summed E-state index contributed by atoms with van der Waals surface area (Å²) < 4.78 is 4.35. The maximum atomic E-state index is 10.6. The Hall–Kier alpha value is 0.536. The first-order chi connectivity index (χ1) is 4.66. The summed E-state index contributed by atoms with van der Waals surface area (Å²) in [7, 11) is 1.26. The predicted octanol–water partition coefficient (Wildman–Crippen LogP) is -3.29. The van der Waals surface area contributed by atoms with Crippen LogP contribution in [0.5, 0.6) is 0 Å². The first-order valence-electron chi connectivity index (χ1n) is 2.97. The molecule has 1 aliphatic rings. The van der Waals surface area contributed by atoms with Crippen molar-refractivity contribution in [2.45, 2.75) is 6.42 Å². The van der Waals surface area contributed by atoms with Crippen LogP contribution in [0, 0.1) is 11.8 Å². The van der Waals surface area contributed by atoms with Gasteiger partial charge in [-0.1, -0.05) is 0 Å². The van der Waals surface area contributed by atoms with Gasteiger partial charge >= 0.3 is 63.3 Å². The number of carboxylic acid groups (broad SMARTS) is 1. The fourth-order valence-electron chi connectivity index (χ4n) is 0.880. The second-order valence-corrected chi connectivity index (χ2v) is 2.31. The van der Waals surface area contributed by atoms with E-state index in [9.17, 15) is 9.59 Å². The molecule has 0 saturated heterocycles. The molecule has 0 spiro atoms. The van der Waals surface area contributed by atoms with Crippen LogP contribution in [0.3, 0.4) is 0 Å². The van der Waals surface area contributed by atoms with Gasteiger partial charge in [-0.2, -0.15) is 0 Å². The van der Waals surface area contributed by atoms with Gasteiger partial charge in [0.05, 0.1) is 18.9 Å². The average Bonchev–Trinajstić information content (AvgIpc) is 2.64. The summed E-state index contributed by atoms with van der Waals surface area (Å²) in [5, 5.41) is 8.36. The summed E-state index contributed by atoms with van der Waals surface area (Å²) in [6, 6.07) is 0. The van der Waals surface area contributed by atoms with Crippen molar-refractivity contribution in [1.29, 1.82) is 0 Å². The van der Waals surface area contributed by atoms with Crippen LogP contribution in [-0.4, -0.2) is 29.6 Å². The molecule has 2 N–H and O–H groups in total. The molecule has 6 heteroatoms. The van der Waals surface area contributed by atoms with Gasteiger partial charge in [0, 0.05) is 0 Å². The van der Waals surface area contributed by atoms with Gasteiger partial charge in [-0.15, -0.1) is 0 Å². The molecule has 0 bridgehead atoms. The van der Waals surface area contributed by atoms with Crippen LogP contribution >= 0.6 is 0 Å². The molecule has 0 heterocycles. The van der Waals surface area contributed by atoms with E-state index < -0.39 is 17.9 Å². The summed E-state index contributed by atoms with van der Waals surface area (Å²) in [6.07, 6.45) is 0.433. The molecule has 0 radical (unpaired) electrons. The number of hydrogen-bond donors (Lipinski definition) is 1. The van der Waals surface area contributed by atoms with Gasteiger partial charge in [-0.05, 0) is 6.42 Å². The molecule has 1 aliphatic carbocycles. The van der Waals surface area contributed by atoms with E-state index in [1.54, 1.807) is 0 Å². The van der Waals surface area contributed by atoms with E-state index in [0.29, 0.717) is 6.42 Å². The van der Waals surface area contributed by atoms with E-state index in [0.717, 1.165) is 0 Å². The molecular weight excluding hydrogens is 191 g/mol. The monoisotopic (exact) mass is 200 g/mol. The minimum atomic E-state index is -0.907. The topological polar surface area (TPSA) is 93.6 Å². The van der Waals surface area contributed by atoms with Crippen molar-refractivity contribution in [3.63, 3.8) is 0 Å². The van der Waals surface area contributed by atoms with Gasteiger partial charge in [0.25, 0.3) is 0 Å². The van der Waals surface area contributed by atoms with E-state index in [4.69, 9.17) is 5.11 Å². The van der Waals surface area contributed by atoms with Gasteiger partial charge in [-0.25, -0.2) is 0 Å². The van der Waals surface area contributed by atoms with Crippen LogP contribution in [0.25, 0.3) is 0 Å². The zero-order chi connectivity index (χ0) is 7.72. The van der Waals surface area contributed by atoms with E-state index in [-0.39, 0.29) is 62.8 Å². The van der Waals surface area contributed by atoms with E-state index in [1.165, 1.54) is 7.11 Å². The van der Waals surface area contributed by atoms with Crippen molar-refractivity contribution in [2.75, 3.05) is 7.11 Å². The molecule has 2 atom stereocenters. The third-order valence-corrected chi connectivity index (χ3v) is 1.61. The molecule has 0 aliphatic heterocycles. The number of esters is 1. The summed E-state index contributed by atoms with van der Waals surface area (Å²) >= 11 is 0. The Labute approximate surface area is 112 Å². The number of methoxy groups -OCH3 is 1. The van der Waals surface area contributed by atoms with Gasteiger partial charge in [0.15, 0.2) is 0 Å². The zero-order valence-corrected chi connectivity index (χ0v) is 10.1. The molecule has 0 aromatic rings. The third-order valence-electron chi connectivity index (χ3n) is 1.61. The Morgan fingerprint density at radius 1 is 1.42 bits per heavy atom. The summed E-state index contributed by atoms with van der Waals surface area (Å²) in [6.45, 7) is 0. The fourth-order valence-corrected chi connectivity index (χ4v) is 0.880. The average molecular weight is 200 g/mol. The molecule has 1 rings (SSSR count). The van der Waals surface area contributed by atoms with Gasteiger partial charge in [0.1, 0.15) is 0 Å². The van der Waals surface area contributed by atoms with Gasteiger partial charge < -0.3 is 15.3 Å². The van der Waals surface area contributed by atoms with Crippen molar-refractivity contribution in [3.8, 4) is 0 Å². The molecule has 12 heavy (non-hydrogen) atoms. The zero-order valence-electron chi connectivity index (χ0n) is 6.98. The molecule has 64 valence electrons. The van der Waals surface area contributed by atoms with Crippen LogP contribution in [0.1, 0.15) is 6.42 Å². The van der Waals surface area contributed by atoms with E-state index >= 15 is 0 Å². The Balaban J connectivity index is 0. The Morgan fingerprint density at radius 3 is 2.17 bits per heavy atom. The second-order valence-electron chi connectivity index (χ2n) is 2.31. The maximum Gasteiger partial charge on any atom is 1.00 e. The molecule has 0 amide bonds. The number of carboxylic acids is 1. The van der Waals surface area contributed by atoms with Crippen molar-refractivity contribution in [3.05, 3.63) is 0 Å². The molecule has 1 fully saturated rings. The molecule has 0 aromatic heterocycles. The van der Waals surface area contributed by atoms with Crippen LogP contribution in [0.15, 0.2) is 0 Å². The smallest absolute Gasteiger partial charge is 0.870 e. The maximum absolute atomic E-state index is 10.6. The number of carbonyl (C=O) groups excluding carboxylic acids is 1. The summed E-state index contributed by atoms with van der Waals surface area (Å²) in [4.78, 5) is 20.8. The number of hydrogen-bond acceptors (Lipinski definition) is 4. The van der Waals surface area contributed by atoms with Gasteiger partial charge in [-0.3, -0.25) is 9.59 Å². The number of rotatable bonds is 2. The largest absolute Gasteiger partial charge is 1.00 e. The molecule has 0 unspecified atom stereocenters. The summed E-state index contributed by atoms with van der Waals surface area (Å²) in [5.41, 5.74) is 0. The number of carbonyl (C=O) groups is 2. The molecule has 0 aromatic carbocycles. The van der Waals surface area contributed by atoms with E-state index in [2.05, 4.69) is 4.74 Å². The van der Waals surface area contributed by atoms with Gasteiger partial charge in [0.2, 0.25) is 0 Å². The summed E-state index contributed by atoms with van der Waals surface area (Å²) in [5.74, 6) is -2.20. The standard InChI is InChI=1S/C6H8O4.K.H2O/c1-10-6(9)4-2-3(4)5(7)8;;/h3-4H,2H2,1H3,(H,7,8);;1H2/q;+1;/p-1/t3-,4-;;/m0../s1. The van der Waals surface area contributed by atoms with Crippen molar-refractivity contribution in [2.24, 2.45) is 11.8 Å². The third kappa shape index (κ3) is 3.50. The number of ether oxygens (including phenoxy) is 1. The minimum absolute atomic E-state index is 0. The SMILES string of the molecule is COC(=O)[C@H]1C[C@@H]1C(=O)O.[K+].[OH-]. The Bertz CT molecular complexity index is 181. The first kappa shape index (κ1) is 15.0. The number of aliphatic carboxylic acids is 1. The normalized spacial score (nSPS) is 24.4. The van der Waals surface area contributed by atoms with Crippen LogP contribution < -0.4 is 51.4 Å². The molecule has 1 saturated carbocycles. The predicted molar refractivity (Wildman–Crippen MR) is 33.2 cm³/mol. The van der Waals surface area contributed by atoms with Crippen molar-refractivity contribution in [1.82, 2.24) is 0 Å². The second kappa shape index (κ2) is 6.06. The van der Waals surface area contributed by atoms with Crippen LogP contribution in [-0.2, 0) is 14.3 Å². The Morgan fingerprint density at radius 2 is 1.92 bits per heavy atom.